The van der Waals surface area contributed by atoms with Gasteiger partial charge in [-0.2, -0.15) is 0 Å². The molecule has 0 saturated heterocycles. The van der Waals surface area contributed by atoms with Crippen LogP contribution in [0.1, 0.15) is 26.2 Å². The Balaban J connectivity index is 1.38. The smallest absolute Gasteiger partial charge is 0.307 e. The molecule has 0 amide bonds. The number of aryl methyl sites for hydroxylation is 1. The minimum absolute atomic E-state index is 0.191. The van der Waals surface area contributed by atoms with Gasteiger partial charge in [-0.3, -0.25) is 4.79 Å². The van der Waals surface area contributed by atoms with Gasteiger partial charge in [0.25, 0.3) is 0 Å². The quantitative estimate of drug-likeness (QED) is 0.236. The number of hydrogen-bond donors (Lipinski definition) is 1. The van der Waals surface area contributed by atoms with Gasteiger partial charge in [0.05, 0.1) is 31.8 Å². The Morgan fingerprint density at radius 2 is 1.58 bits per heavy atom. The number of aromatic hydroxyl groups is 1. The van der Waals surface area contributed by atoms with E-state index in [0.717, 1.165) is 40.4 Å². The van der Waals surface area contributed by atoms with Gasteiger partial charge in [0, 0.05) is 35.0 Å². The van der Waals surface area contributed by atoms with Gasteiger partial charge in [-0.1, -0.05) is 24.3 Å². The average Bonchev–Trinajstić information content (AvgIpc) is 3.13. The molecule has 1 aromatic heterocycles. The molecule has 0 radical (unpaired) electrons. The molecule has 1 N–H and O–H groups in total. The fourth-order valence-corrected chi connectivity index (χ4v) is 3.95. The van der Waals surface area contributed by atoms with E-state index in [9.17, 15) is 9.90 Å². The summed E-state index contributed by atoms with van der Waals surface area (Å²) >= 11 is 0. The summed E-state index contributed by atoms with van der Waals surface area (Å²) in [6, 6.07) is 21.2. The van der Waals surface area contributed by atoms with E-state index in [4.69, 9.17) is 14.2 Å². The molecule has 0 unspecified atom stereocenters. The van der Waals surface area contributed by atoms with Gasteiger partial charge >= 0.3 is 5.97 Å². The number of aromatic nitrogens is 1. The van der Waals surface area contributed by atoms with Gasteiger partial charge in [0.2, 0.25) is 0 Å². The lowest BCUT2D eigenvalue weighted by Crippen LogP contribution is -2.09. The second kappa shape index (κ2) is 10.8. The summed E-state index contributed by atoms with van der Waals surface area (Å²) in [6.07, 6.45) is 2.02. The third kappa shape index (κ3) is 5.58. The number of fused-ring (bicyclic) bond motifs is 3. The Morgan fingerprint density at radius 3 is 2.33 bits per heavy atom. The van der Waals surface area contributed by atoms with Crippen LogP contribution in [0.4, 0.5) is 0 Å². The first kappa shape index (κ1) is 22.5. The van der Waals surface area contributed by atoms with Crippen LogP contribution < -0.4 is 9.47 Å². The minimum Gasteiger partial charge on any atom is -0.508 e. The molecule has 33 heavy (non-hydrogen) atoms. The molecule has 0 saturated carbocycles. The second-order valence-corrected chi connectivity index (χ2v) is 7.80. The number of phenolic OH excluding ortho intramolecular Hbond substituents is 1. The standard InChI is InChI=1S/C27H29NO5/c1-2-31-27(30)14-15-28-25-11-4-3-10-23(25)24-13-12-22(19-26(24)28)33-17-6-5-16-32-21-9-7-8-20(29)18-21/h3-4,7-13,18-19,29H,2,5-6,14-17H2,1H3. The molecule has 0 aliphatic carbocycles. The molecule has 6 heteroatoms. The highest BCUT2D eigenvalue weighted by molar-refractivity contribution is 6.08. The van der Waals surface area contributed by atoms with Crippen LogP contribution in [0.25, 0.3) is 21.8 Å². The second-order valence-electron chi connectivity index (χ2n) is 7.80. The van der Waals surface area contributed by atoms with Gasteiger partial charge in [-0.05, 0) is 50.1 Å². The van der Waals surface area contributed by atoms with Crippen LogP contribution in [-0.4, -0.2) is 35.5 Å². The van der Waals surface area contributed by atoms with Crippen LogP contribution in [-0.2, 0) is 16.1 Å². The fourth-order valence-electron chi connectivity index (χ4n) is 3.95. The predicted molar refractivity (Wildman–Crippen MR) is 129 cm³/mol. The first-order valence-electron chi connectivity index (χ1n) is 11.4. The Morgan fingerprint density at radius 1 is 0.848 bits per heavy atom. The Hall–Kier alpha value is -3.67. The number of para-hydroxylation sites is 1. The number of carbonyl (C=O) groups excluding carboxylic acids is 1. The van der Waals surface area contributed by atoms with Crippen molar-refractivity contribution in [2.75, 3.05) is 19.8 Å². The number of unbranched alkanes of at least 4 members (excludes halogenated alkanes) is 1. The minimum atomic E-state index is -0.191. The third-order valence-electron chi connectivity index (χ3n) is 5.48. The lowest BCUT2D eigenvalue weighted by molar-refractivity contribution is -0.143. The molecular weight excluding hydrogens is 418 g/mol. The largest absolute Gasteiger partial charge is 0.508 e. The molecule has 0 spiro atoms. The first-order valence-corrected chi connectivity index (χ1v) is 11.4. The summed E-state index contributed by atoms with van der Waals surface area (Å²) in [5.74, 6) is 1.48. The molecule has 0 aliphatic heterocycles. The number of rotatable bonds is 11. The van der Waals surface area contributed by atoms with E-state index in [-0.39, 0.29) is 11.7 Å². The summed E-state index contributed by atoms with van der Waals surface area (Å²) < 4.78 is 18.9. The van der Waals surface area contributed by atoms with Crippen molar-refractivity contribution in [2.24, 2.45) is 0 Å². The van der Waals surface area contributed by atoms with Gasteiger partial charge in [0.1, 0.15) is 17.2 Å². The lowest BCUT2D eigenvalue weighted by atomic mass is 10.1. The molecule has 0 atom stereocenters. The maximum Gasteiger partial charge on any atom is 0.307 e. The zero-order valence-corrected chi connectivity index (χ0v) is 18.8. The van der Waals surface area contributed by atoms with E-state index < -0.39 is 0 Å². The van der Waals surface area contributed by atoms with Crippen molar-refractivity contribution in [3.8, 4) is 17.2 Å². The SMILES string of the molecule is CCOC(=O)CCn1c2ccccc2c2ccc(OCCCCOc3cccc(O)c3)cc21. The van der Waals surface area contributed by atoms with Gasteiger partial charge in [-0.25, -0.2) is 0 Å². The van der Waals surface area contributed by atoms with E-state index >= 15 is 0 Å². The summed E-state index contributed by atoms with van der Waals surface area (Å²) in [6.45, 7) is 3.91. The van der Waals surface area contributed by atoms with Crippen LogP contribution in [0.15, 0.2) is 66.7 Å². The highest BCUT2D eigenvalue weighted by Crippen LogP contribution is 2.32. The zero-order valence-electron chi connectivity index (χ0n) is 18.8. The summed E-state index contributed by atoms with van der Waals surface area (Å²) in [7, 11) is 0. The predicted octanol–water partition coefficient (Wildman–Crippen LogP) is 5.69. The highest BCUT2D eigenvalue weighted by Gasteiger charge is 2.13. The van der Waals surface area contributed by atoms with Crippen LogP contribution in [0.3, 0.4) is 0 Å². The van der Waals surface area contributed by atoms with Gasteiger partial charge < -0.3 is 23.9 Å². The van der Waals surface area contributed by atoms with E-state index in [1.54, 1.807) is 18.2 Å². The van der Waals surface area contributed by atoms with Crippen LogP contribution in [0.2, 0.25) is 0 Å². The molecule has 1 heterocycles. The van der Waals surface area contributed by atoms with Gasteiger partial charge in [0.15, 0.2) is 0 Å². The van der Waals surface area contributed by atoms with Crippen LogP contribution >= 0.6 is 0 Å². The molecule has 0 aliphatic rings. The molecular formula is C27H29NO5. The van der Waals surface area contributed by atoms with E-state index in [1.165, 1.54) is 0 Å². The molecule has 172 valence electrons. The van der Waals surface area contributed by atoms with Crippen LogP contribution in [0.5, 0.6) is 17.2 Å². The summed E-state index contributed by atoms with van der Waals surface area (Å²) in [5, 5.41) is 11.8. The molecule has 4 rings (SSSR count). The first-order chi connectivity index (χ1) is 16.2. The maximum atomic E-state index is 11.9. The van der Waals surface area contributed by atoms with Crippen molar-refractivity contribution in [3.05, 3.63) is 66.7 Å². The molecule has 0 bridgehead atoms. The number of ether oxygens (including phenoxy) is 3. The van der Waals surface area contributed by atoms with E-state index in [0.29, 0.717) is 38.5 Å². The number of hydrogen-bond acceptors (Lipinski definition) is 5. The lowest BCUT2D eigenvalue weighted by Gasteiger charge is -2.10. The number of esters is 1. The number of benzene rings is 3. The van der Waals surface area contributed by atoms with Crippen molar-refractivity contribution >= 4 is 27.8 Å². The summed E-state index contributed by atoms with van der Waals surface area (Å²) in [4.78, 5) is 11.9. The molecule has 4 aromatic rings. The molecule has 6 nitrogen and oxygen atoms in total. The molecule has 3 aromatic carbocycles. The van der Waals surface area contributed by atoms with E-state index in [2.05, 4.69) is 22.8 Å². The average molecular weight is 448 g/mol. The van der Waals surface area contributed by atoms with Crippen molar-refractivity contribution < 1.29 is 24.1 Å². The van der Waals surface area contributed by atoms with Crippen molar-refractivity contribution in [1.82, 2.24) is 4.57 Å². The monoisotopic (exact) mass is 447 g/mol. The van der Waals surface area contributed by atoms with Gasteiger partial charge in [-0.15, -0.1) is 0 Å². The zero-order chi connectivity index (χ0) is 23.0. The van der Waals surface area contributed by atoms with E-state index in [1.807, 2.05) is 37.3 Å². The molecule has 0 fully saturated rings. The Bertz CT molecular complexity index is 1230. The van der Waals surface area contributed by atoms with Crippen molar-refractivity contribution in [3.63, 3.8) is 0 Å². The Labute approximate surface area is 193 Å². The number of nitrogens with zero attached hydrogens (tertiary/aromatic N) is 1. The third-order valence-corrected chi connectivity index (χ3v) is 5.48. The summed E-state index contributed by atoms with van der Waals surface area (Å²) in [5.41, 5.74) is 2.14. The topological polar surface area (TPSA) is 69.9 Å². The Kier molecular flexibility index (Phi) is 7.35. The highest BCUT2D eigenvalue weighted by atomic mass is 16.5. The normalized spacial score (nSPS) is 11.1. The maximum absolute atomic E-state index is 11.9. The fraction of sp³-hybridized carbons (Fsp3) is 0.296. The number of phenols is 1. The number of carbonyl (C=O) groups is 1. The van der Waals surface area contributed by atoms with Crippen molar-refractivity contribution in [2.45, 2.75) is 32.7 Å². The van der Waals surface area contributed by atoms with Crippen LogP contribution in [0, 0.1) is 0 Å². The van der Waals surface area contributed by atoms with Crippen molar-refractivity contribution in [1.29, 1.82) is 0 Å².